The molecule has 0 unspecified atom stereocenters. The number of rotatable bonds is 5. The number of carboxylic acid groups (broad SMARTS) is 1. The van der Waals surface area contributed by atoms with Gasteiger partial charge in [-0.3, -0.25) is 0 Å². The van der Waals surface area contributed by atoms with Crippen LogP contribution in [0.4, 0.5) is 0 Å². The second-order valence-electron chi connectivity index (χ2n) is 5.94. The van der Waals surface area contributed by atoms with Crippen LogP contribution in [-0.4, -0.2) is 16.1 Å². The molecule has 0 atom stereocenters. The van der Waals surface area contributed by atoms with Crippen LogP contribution in [0.5, 0.6) is 0 Å². The smallest absolute Gasteiger partial charge is 0.336 e. The minimum absolute atomic E-state index is 0.226. The highest BCUT2D eigenvalue weighted by Gasteiger charge is 2.15. The van der Waals surface area contributed by atoms with Crippen LogP contribution in [-0.2, 0) is 6.42 Å². The molecular weight excluding hydrogens is 357 g/mol. The second kappa shape index (κ2) is 7.42. The Balaban J connectivity index is 2.18. The number of pyridine rings is 1. The van der Waals surface area contributed by atoms with Gasteiger partial charge in [-0.25, -0.2) is 9.78 Å². The summed E-state index contributed by atoms with van der Waals surface area (Å²) in [4.78, 5) is 16.4. The molecule has 5 heteroatoms. The Morgan fingerprint density at radius 1 is 1.12 bits per heavy atom. The number of unbranched alkanes of at least 4 members (excludes halogenated alkanes) is 1. The van der Waals surface area contributed by atoms with Crippen LogP contribution in [0.1, 0.15) is 35.7 Å². The van der Waals surface area contributed by atoms with Gasteiger partial charge in [0, 0.05) is 16.0 Å². The van der Waals surface area contributed by atoms with Crippen molar-refractivity contribution in [2.45, 2.75) is 26.2 Å². The van der Waals surface area contributed by atoms with Crippen LogP contribution in [0.2, 0.25) is 10.0 Å². The van der Waals surface area contributed by atoms with Crippen molar-refractivity contribution in [3.63, 3.8) is 0 Å². The zero-order valence-electron chi connectivity index (χ0n) is 13.7. The van der Waals surface area contributed by atoms with E-state index in [4.69, 9.17) is 23.2 Å². The fourth-order valence-corrected chi connectivity index (χ4v) is 3.33. The molecule has 1 heterocycles. The molecule has 0 aliphatic heterocycles. The molecular formula is C20H17Cl2NO2. The number of carbonyl (C=O) groups is 1. The average Bonchev–Trinajstić information content (AvgIpc) is 2.58. The molecule has 0 aliphatic rings. The van der Waals surface area contributed by atoms with Gasteiger partial charge < -0.3 is 5.11 Å². The van der Waals surface area contributed by atoms with Crippen molar-refractivity contribution < 1.29 is 9.90 Å². The first-order valence-corrected chi connectivity index (χ1v) is 8.87. The molecule has 1 aromatic heterocycles. The zero-order valence-corrected chi connectivity index (χ0v) is 15.2. The quantitative estimate of drug-likeness (QED) is 0.574. The molecule has 3 nitrogen and oxygen atoms in total. The van der Waals surface area contributed by atoms with Crippen LogP contribution < -0.4 is 0 Å². The lowest BCUT2D eigenvalue weighted by Crippen LogP contribution is -2.01. The van der Waals surface area contributed by atoms with E-state index >= 15 is 0 Å². The molecule has 1 N–H and O–H groups in total. The fraction of sp³-hybridized carbons (Fsp3) is 0.200. The molecule has 0 fully saturated rings. The van der Waals surface area contributed by atoms with Gasteiger partial charge in [0.15, 0.2) is 0 Å². The number of nitrogens with zero attached hydrogens (tertiary/aromatic N) is 1. The number of fused-ring (bicyclic) bond motifs is 1. The summed E-state index contributed by atoms with van der Waals surface area (Å²) in [6, 6.07) is 12.5. The van der Waals surface area contributed by atoms with E-state index in [9.17, 15) is 9.90 Å². The van der Waals surface area contributed by atoms with Crippen LogP contribution in [0.3, 0.4) is 0 Å². The van der Waals surface area contributed by atoms with Crippen LogP contribution in [0, 0.1) is 0 Å². The number of halogens is 2. The molecule has 0 saturated carbocycles. The minimum atomic E-state index is -0.980. The molecule has 0 aliphatic carbocycles. The SMILES string of the molecule is CCCCc1ccc2nc(-c3ccc(Cl)cc3Cl)cc(C(=O)O)c2c1. The lowest BCUT2D eigenvalue weighted by molar-refractivity contribution is 0.0699. The molecule has 3 aromatic rings. The first kappa shape index (κ1) is 17.7. The average molecular weight is 374 g/mol. The number of aromatic carboxylic acids is 1. The van der Waals surface area contributed by atoms with Crippen LogP contribution in [0.15, 0.2) is 42.5 Å². The highest BCUT2D eigenvalue weighted by molar-refractivity contribution is 6.36. The Morgan fingerprint density at radius 3 is 2.60 bits per heavy atom. The first-order valence-electron chi connectivity index (χ1n) is 8.12. The Labute approximate surface area is 156 Å². The van der Waals surface area contributed by atoms with Crippen molar-refractivity contribution >= 4 is 40.1 Å². The normalized spacial score (nSPS) is 11.0. The standard InChI is InChI=1S/C20H17Cl2NO2/c1-2-3-4-12-5-8-18-15(9-12)16(20(24)25)11-19(23-18)14-7-6-13(21)10-17(14)22/h5-11H,2-4H2,1H3,(H,24,25). The molecule has 0 spiro atoms. The lowest BCUT2D eigenvalue weighted by atomic mass is 10.0. The van der Waals surface area contributed by atoms with Crippen molar-refractivity contribution in [1.82, 2.24) is 4.98 Å². The lowest BCUT2D eigenvalue weighted by Gasteiger charge is -2.10. The number of hydrogen-bond acceptors (Lipinski definition) is 2. The van der Waals surface area contributed by atoms with Crippen molar-refractivity contribution in [2.24, 2.45) is 0 Å². The Morgan fingerprint density at radius 2 is 1.92 bits per heavy atom. The van der Waals surface area contributed by atoms with E-state index in [1.165, 1.54) is 0 Å². The van der Waals surface area contributed by atoms with Gasteiger partial charge in [-0.1, -0.05) is 42.6 Å². The number of carboxylic acids is 1. The molecule has 3 rings (SSSR count). The fourth-order valence-electron chi connectivity index (χ4n) is 2.82. The summed E-state index contributed by atoms with van der Waals surface area (Å²) in [5.74, 6) is -0.980. The highest BCUT2D eigenvalue weighted by atomic mass is 35.5. The molecule has 2 aromatic carbocycles. The summed E-state index contributed by atoms with van der Waals surface area (Å²) < 4.78 is 0. The number of hydrogen-bond donors (Lipinski definition) is 1. The maximum Gasteiger partial charge on any atom is 0.336 e. The summed E-state index contributed by atoms with van der Waals surface area (Å²) in [6.07, 6.45) is 3.09. The van der Waals surface area contributed by atoms with Crippen molar-refractivity contribution in [3.8, 4) is 11.3 Å². The van der Waals surface area contributed by atoms with Crippen molar-refractivity contribution in [3.05, 3.63) is 63.6 Å². The van der Waals surface area contributed by atoms with Gasteiger partial charge in [-0.2, -0.15) is 0 Å². The van der Waals surface area contributed by atoms with E-state index in [1.807, 2.05) is 18.2 Å². The monoisotopic (exact) mass is 373 g/mol. The van der Waals surface area contributed by atoms with Gasteiger partial charge in [-0.05, 0) is 54.8 Å². The first-order chi connectivity index (χ1) is 12.0. The molecule has 0 saturated heterocycles. The molecule has 0 bridgehead atoms. The van der Waals surface area contributed by atoms with E-state index in [-0.39, 0.29) is 5.56 Å². The summed E-state index contributed by atoms with van der Waals surface area (Å²) >= 11 is 12.2. The Hall–Kier alpha value is -2.10. The zero-order chi connectivity index (χ0) is 18.0. The minimum Gasteiger partial charge on any atom is -0.478 e. The molecule has 0 radical (unpaired) electrons. The number of benzene rings is 2. The van der Waals surface area contributed by atoms with E-state index in [1.54, 1.807) is 24.3 Å². The Bertz CT molecular complexity index is 954. The molecule has 0 amide bonds. The third kappa shape index (κ3) is 3.78. The summed E-state index contributed by atoms with van der Waals surface area (Å²) in [6.45, 7) is 2.13. The summed E-state index contributed by atoms with van der Waals surface area (Å²) in [5, 5.41) is 11.3. The third-order valence-electron chi connectivity index (χ3n) is 4.13. The Kier molecular flexibility index (Phi) is 5.26. The van der Waals surface area contributed by atoms with Gasteiger partial charge in [0.25, 0.3) is 0 Å². The largest absolute Gasteiger partial charge is 0.478 e. The van der Waals surface area contributed by atoms with Gasteiger partial charge >= 0.3 is 5.97 Å². The van der Waals surface area contributed by atoms with Crippen molar-refractivity contribution in [2.75, 3.05) is 0 Å². The van der Waals surface area contributed by atoms with E-state index in [0.29, 0.717) is 32.2 Å². The van der Waals surface area contributed by atoms with Crippen LogP contribution >= 0.6 is 23.2 Å². The molecule has 128 valence electrons. The maximum absolute atomic E-state index is 11.8. The second-order valence-corrected chi connectivity index (χ2v) is 6.78. The van der Waals surface area contributed by atoms with Gasteiger partial charge in [0.05, 0.1) is 21.8 Å². The van der Waals surface area contributed by atoms with Gasteiger partial charge in [0.2, 0.25) is 0 Å². The van der Waals surface area contributed by atoms with Gasteiger partial charge in [-0.15, -0.1) is 0 Å². The molecule has 25 heavy (non-hydrogen) atoms. The topological polar surface area (TPSA) is 50.2 Å². The third-order valence-corrected chi connectivity index (χ3v) is 4.68. The number of aryl methyl sites for hydroxylation is 1. The number of aromatic nitrogens is 1. The van der Waals surface area contributed by atoms with E-state index < -0.39 is 5.97 Å². The van der Waals surface area contributed by atoms with Crippen LogP contribution in [0.25, 0.3) is 22.2 Å². The van der Waals surface area contributed by atoms with Crippen molar-refractivity contribution in [1.29, 1.82) is 0 Å². The van der Waals surface area contributed by atoms with E-state index in [0.717, 1.165) is 24.8 Å². The van der Waals surface area contributed by atoms with E-state index in [2.05, 4.69) is 11.9 Å². The summed E-state index contributed by atoms with van der Waals surface area (Å²) in [5.41, 5.74) is 3.17. The highest BCUT2D eigenvalue weighted by Crippen LogP contribution is 2.32. The summed E-state index contributed by atoms with van der Waals surface area (Å²) in [7, 11) is 0. The van der Waals surface area contributed by atoms with Gasteiger partial charge in [0.1, 0.15) is 0 Å². The predicted octanol–water partition coefficient (Wildman–Crippen LogP) is 6.25. The maximum atomic E-state index is 11.8. The predicted molar refractivity (Wildman–Crippen MR) is 103 cm³/mol.